The van der Waals surface area contributed by atoms with Crippen LogP contribution in [-0.4, -0.2) is 0 Å². The summed E-state index contributed by atoms with van der Waals surface area (Å²) in [5.41, 5.74) is 9.95. The summed E-state index contributed by atoms with van der Waals surface area (Å²) in [5.74, 6) is 0. The van der Waals surface area contributed by atoms with Gasteiger partial charge in [0.25, 0.3) is 0 Å². The number of nitriles is 2. The van der Waals surface area contributed by atoms with E-state index in [0.29, 0.717) is 23.3 Å². The van der Waals surface area contributed by atoms with Crippen molar-refractivity contribution in [3.8, 4) is 12.1 Å². The number of nitrogens with one attached hydrogen (secondary N) is 1. The van der Waals surface area contributed by atoms with Crippen LogP contribution in [0.2, 0.25) is 0 Å². The van der Waals surface area contributed by atoms with E-state index in [0.717, 1.165) is 17.0 Å². The second-order valence-corrected chi connectivity index (χ2v) is 4.10. The normalized spacial score (nSPS) is 14.8. The average Bonchev–Trinajstić information content (AvgIpc) is 2.39. The quantitative estimate of drug-likeness (QED) is 0.732. The molecule has 0 aromatic heterocycles. The highest BCUT2D eigenvalue weighted by Crippen LogP contribution is 2.28. The number of anilines is 1. The number of dihydropyridines is 1. The second-order valence-electron chi connectivity index (χ2n) is 4.10. The van der Waals surface area contributed by atoms with Crippen molar-refractivity contribution in [3.05, 3.63) is 46.7 Å². The minimum absolute atomic E-state index is 0.380. The first-order valence-corrected chi connectivity index (χ1v) is 5.51. The molecule has 3 N–H and O–H groups in total. The molecule has 1 aliphatic heterocycles. The molecule has 1 heterocycles. The van der Waals surface area contributed by atoms with Gasteiger partial charge >= 0.3 is 0 Å². The smallest absolute Gasteiger partial charge is 0.0973 e. The van der Waals surface area contributed by atoms with Crippen LogP contribution in [-0.2, 0) is 0 Å². The third kappa shape index (κ3) is 2.05. The van der Waals surface area contributed by atoms with Crippen molar-refractivity contribution in [3.63, 3.8) is 0 Å². The highest BCUT2D eigenvalue weighted by atomic mass is 14.9. The van der Waals surface area contributed by atoms with Gasteiger partial charge < -0.3 is 11.1 Å². The molecule has 18 heavy (non-hydrogen) atoms. The number of nitrogens with zero attached hydrogens (tertiary/aromatic N) is 2. The first-order chi connectivity index (χ1) is 8.65. The molecular formula is C14H12N4. The lowest BCUT2D eigenvalue weighted by molar-refractivity contribution is 0.968. The van der Waals surface area contributed by atoms with Crippen molar-refractivity contribution in [2.24, 2.45) is 0 Å². The van der Waals surface area contributed by atoms with Crippen LogP contribution in [0.15, 0.2) is 41.1 Å². The van der Waals surface area contributed by atoms with Crippen molar-refractivity contribution in [2.45, 2.75) is 13.3 Å². The Morgan fingerprint density at radius 1 is 1.11 bits per heavy atom. The molecule has 0 unspecified atom stereocenters. The second kappa shape index (κ2) is 4.65. The van der Waals surface area contributed by atoms with Crippen molar-refractivity contribution in [1.82, 2.24) is 5.32 Å². The average molecular weight is 236 g/mol. The third-order valence-electron chi connectivity index (χ3n) is 2.89. The van der Waals surface area contributed by atoms with Crippen LogP contribution >= 0.6 is 0 Å². The Labute approximate surface area is 106 Å². The van der Waals surface area contributed by atoms with E-state index in [1.165, 1.54) is 0 Å². The summed E-state index contributed by atoms with van der Waals surface area (Å²) in [4.78, 5) is 0. The highest BCUT2D eigenvalue weighted by molar-refractivity contribution is 5.75. The summed E-state index contributed by atoms with van der Waals surface area (Å²) < 4.78 is 0. The minimum atomic E-state index is 0.380. The zero-order valence-electron chi connectivity index (χ0n) is 9.99. The maximum atomic E-state index is 9.17. The fourth-order valence-electron chi connectivity index (χ4n) is 1.85. The summed E-state index contributed by atoms with van der Waals surface area (Å²) in [5, 5.41) is 21.3. The molecule has 0 bridgehead atoms. The molecule has 4 heteroatoms. The molecule has 0 saturated heterocycles. The lowest BCUT2D eigenvalue weighted by Crippen LogP contribution is -2.18. The Bertz CT molecular complexity index is 621. The molecule has 0 amide bonds. The minimum Gasteiger partial charge on any atom is -0.399 e. The predicted octanol–water partition coefficient (Wildman–Crippen LogP) is 2.29. The van der Waals surface area contributed by atoms with Gasteiger partial charge in [0.15, 0.2) is 0 Å². The molecule has 0 radical (unpaired) electrons. The van der Waals surface area contributed by atoms with Crippen molar-refractivity contribution in [2.75, 3.05) is 5.73 Å². The number of hydrogen-bond acceptors (Lipinski definition) is 4. The number of rotatable bonds is 1. The SMILES string of the molecule is CC1=C(C#N)CC(C#N)=C(c2ccc(N)cc2)N1. The predicted molar refractivity (Wildman–Crippen MR) is 69.5 cm³/mol. The summed E-state index contributed by atoms with van der Waals surface area (Å²) in [6, 6.07) is 11.6. The molecule has 4 nitrogen and oxygen atoms in total. The maximum absolute atomic E-state index is 9.17. The van der Waals surface area contributed by atoms with Gasteiger partial charge in [0, 0.05) is 17.8 Å². The van der Waals surface area contributed by atoms with Gasteiger partial charge in [-0.15, -0.1) is 0 Å². The number of nitrogen functional groups attached to an aromatic ring is 1. The fraction of sp³-hybridized carbons (Fsp3) is 0.143. The highest BCUT2D eigenvalue weighted by Gasteiger charge is 2.18. The molecule has 1 aliphatic rings. The van der Waals surface area contributed by atoms with Gasteiger partial charge in [-0.1, -0.05) is 12.1 Å². The Morgan fingerprint density at radius 2 is 1.72 bits per heavy atom. The zero-order valence-corrected chi connectivity index (χ0v) is 9.99. The molecule has 2 rings (SSSR count). The zero-order chi connectivity index (χ0) is 13.1. The largest absolute Gasteiger partial charge is 0.399 e. The Balaban J connectivity index is 2.44. The number of benzene rings is 1. The first-order valence-electron chi connectivity index (χ1n) is 5.51. The molecule has 0 atom stereocenters. The lowest BCUT2D eigenvalue weighted by Gasteiger charge is -2.20. The van der Waals surface area contributed by atoms with Crippen molar-refractivity contribution in [1.29, 1.82) is 10.5 Å². The number of allylic oxidation sites excluding steroid dienone is 3. The summed E-state index contributed by atoms with van der Waals surface area (Å²) >= 11 is 0. The summed E-state index contributed by atoms with van der Waals surface area (Å²) in [7, 11) is 0. The van der Waals surface area contributed by atoms with E-state index in [1.807, 2.05) is 19.1 Å². The standard InChI is InChI=1S/C14H12N4/c1-9-11(7-15)6-12(8-16)14(18-9)10-2-4-13(17)5-3-10/h2-5,18H,6,17H2,1H3. The van der Waals surface area contributed by atoms with Gasteiger partial charge in [-0.2, -0.15) is 10.5 Å². The molecule has 0 fully saturated rings. The van der Waals surface area contributed by atoms with Gasteiger partial charge in [0.1, 0.15) is 0 Å². The van der Waals surface area contributed by atoms with Crippen LogP contribution in [0.25, 0.3) is 5.70 Å². The van der Waals surface area contributed by atoms with Gasteiger partial charge in [-0.25, -0.2) is 0 Å². The molecule has 0 spiro atoms. The molecular weight excluding hydrogens is 224 g/mol. The summed E-state index contributed by atoms with van der Waals surface area (Å²) in [6.07, 6.45) is 0.380. The van der Waals surface area contributed by atoms with E-state index in [9.17, 15) is 5.26 Å². The lowest BCUT2D eigenvalue weighted by atomic mass is 9.96. The van der Waals surface area contributed by atoms with E-state index in [-0.39, 0.29) is 0 Å². The molecule has 88 valence electrons. The van der Waals surface area contributed by atoms with Crippen LogP contribution in [0.4, 0.5) is 5.69 Å². The monoisotopic (exact) mass is 236 g/mol. The van der Waals surface area contributed by atoms with Gasteiger partial charge in [0.2, 0.25) is 0 Å². The summed E-state index contributed by atoms with van der Waals surface area (Å²) in [6.45, 7) is 1.84. The Hall–Kier alpha value is -2.72. The Kier molecular flexibility index (Phi) is 3.03. The maximum Gasteiger partial charge on any atom is 0.0973 e. The Morgan fingerprint density at radius 3 is 2.28 bits per heavy atom. The van der Waals surface area contributed by atoms with E-state index in [2.05, 4.69) is 17.5 Å². The van der Waals surface area contributed by atoms with Crippen LogP contribution < -0.4 is 11.1 Å². The van der Waals surface area contributed by atoms with Crippen LogP contribution in [0.1, 0.15) is 18.9 Å². The van der Waals surface area contributed by atoms with Crippen LogP contribution in [0.5, 0.6) is 0 Å². The van der Waals surface area contributed by atoms with Gasteiger partial charge in [-0.3, -0.25) is 0 Å². The number of nitrogens with two attached hydrogens (primary N) is 1. The van der Waals surface area contributed by atoms with Gasteiger partial charge in [-0.05, 0) is 24.6 Å². The molecule has 0 aliphatic carbocycles. The van der Waals surface area contributed by atoms with Crippen molar-refractivity contribution < 1.29 is 0 Å². The third-order valence-corrected chi connectivity index (χ3v) is 2.89. The van der Waals surface area contributed by atoms with E-state index in [1.54, 1.807) is 12.1 Å². The van der Waals surface area contributed by atoms with Crippen LogP contribution in [0, 0.1) is 22.7 Å². The van der Waals surface area contributed by atoms with E-state index in [4.69, 9.17) is 11.0 Å². The molecule has 0 saturated carbocycles. The topological polar surface area (TPSA) is 85.6 Å². The van der Waals surface area contributed by atoms with Crippen molar-refractivity contribution >= 4 is 11.4 Å². The van der Waals surface area contributed by atoms with E-state index < -0.39 is 0 Å². The van der Waals surface area contributed by atoms with E-state index >= 15 is 0 Å². The number of hydrogen-bond donors (Lipinski definition) is 2. The fourth-order valence-corrected chi connectivity index (χ4v) is 1.85. The van der Waals surface area contributed by atoms with Crippen LogP contribution in [0.3, 0.4) is 0 Å². The molecule has 1 aromatic rings. The van der Waals surface area contributed by atoms with Gasteiger partial charge in [0.05, 0.1) is 29.0 Å². The molecule has 1 aromatic carbocycles. The first kappa shape index (κ1) is 11.8.